The Balaban J connectivity index is 1.25. The molecule has 21 atom stereocenters. The molecule has 21 unspecified atom stereocenters. The molecule has 0 aromatic heterocycles. The molecule has 0 spiro atoms. The van der Waals surface area contributed by atoms with Gasteiger partial charge in [0.1, 0.15) is 61.2 Å². The predicted molar refractivity (Wildman–Crippen MR) is 203 cm³/mol. The Labute approximate surface area is 335 Å². The number of aldehydes is 1. The maximum absolute atomic E-state index is 13.7. The van der Waals surface area contributed by atoms with Gasteiger partial charge in [0.25, 0.3) is 0 Å². The van der Waals surface area contributed by atoms with Gasteiger partial charge in [0.2, 0.25) is 0 Å². The molecule has 2 heterocycles. The van der Waals surface area contributed by atoms with Gasteiger partial charge in [0, 0.05) is 16.7 Å². The maximum Gasteiger partial charge on any atom is 0.187 e. The number of hydrogen-bond acceptors (Lipinski definition) is 15. The van der Waals surface area contributed by atoms with Crippen LogP contribution in [-0.2, 0) is 23.7 Å². The minimum atomic E-state index is -1.63. The Bertz CT molecular complexity index is 1500. The number of aliphatic hydroxyl groups excluding tert-OH is 10. The van der Waals surface area contributed by atoms with Crippen molar-refractivity contribution < 1.29 is 74.8 Å². The molecule has 326 valence electrons. The molecule has 15 nitrogen and oxygen atoms in total. The Morgan fingerprint density at radius 3 is 1.95 bits per heavy atom. The molecule has 2 aliphatic heterocycles. The van der Waals surface area contributed by atoms with Crippen molar-refractivity contribution >= 4 is 6.29 Å². The molecule has 4 aliphatic carbocycles. The van der Waals surface area contributed by atoms with E-state index >= 15 is 0 Å². The number of aliphatic hydroxyl groups is 10. The highest BCUT2D eigenvalue weighted by atomic mass is 16.7. The molecule has 6 aliphatic rings. The second-order valence-electron chi connectivity index (χ2n) is 19.4. The van der Waals surface area contributed by atoms with Crippen LogP contribution in [0.5, 0.6) is 0 Å². The Hall–Kier alpha value is -1.41. The van der Waals surface area contributed by atoms with Crippen molar-refractivity contribution in [3.05, 3.63) is 23.3 Å². The van der Waals surface area contributed by atoms with Crippen LogP contribution in [0.15, 0.2) is 23.3 Å². The topological polar surface area (TPSA) is 256 Å². The van der Waals surface area contributed by atoms with Crippen LogP contribution in [0.1, 0.15) is 87.0 Å². The molecule has 15 heteroatoms. The van der Waals surface area contributed by atoms with Gasteiger partial charge in [-0.2, -0.15) is 0 Å². The van der Waals surface area contributed by atoms with E-state index in [2.05, 4.69) is 13.8 Å². The second kappa shape index (κ2) is 16.5. The fourth-order valence-electron chi connectivity index (χ4n) is 12.5. The normalized spacial score (nSPS) is 49.7. The fourth-order valence-corrected chi connectivity index (χ4v) is 12.5. The highest BCUT2D eigenvalue weighted by molar-refractivity contribution is 5.65. The van der Waals surface area contributed by atoms with Crippen LogP contribution in [0.3, 0.4) is 0 Å². The van der Waals surface area contributed by atoms with E-state index in [9.17, 15) is 55.9 Å². The van der Waals surface area contributed by atoms with E-state index in [4.69, 9.17) is 18.9 Å². The lowest BCUT2D eigenvalue weighted by Crippen LogP contribution is -2.65. The lowest BCUT2D eigenvalue weighted by Gasteiger charge is -2.66. The monoisotopic (exact) mass is 812 g/mol. The summed E-state index contributed by atoms with van der Waals surface area (Å²) in [5, 5.41) is 107. The smallest absolute Gasteiger partial charge is 0.187 e. The lowest BCUT2D eigenvalue weighted by atomic mass is 9.38. The molecule has 0 aromatic rings. The van der Waals surface area contributed by atoms with Gasteiger partial charge >= 0.3 is 0 Å². The second-order valence-corrected chi connectivity index (χ2v) is 19.4. The van der Waals surface area contributed by atoms with Crippen LogP contribution in [0.4, 0.5) is 0 Å². The minimum Gasteiger partial charge on any atom is -0.394 e. The summed E-state index contributed by atoms with van der Waals surface area (Å²) in [7, 11) is 0. The van der Waals surface area contributed by atoms with Crippen molar-refractivity contribution in [1.29, 1.82) is 0 Å². The summed E-state index contributed by atoms with van der Waals surface area (Å²) in [4.78, 5) is 13.7. The Morgan fingerprint density at radius 2 is 1.39 bits per heavy atom. The van der Waals surface area contributed by atoms with Crippen LogP contribution < -0.4 is 0 Å². The third-order valence-electron chi connectivity index (χ3n) is 15.9. The van der Waals surface area contributed by atoms with Crippen molar-refractivity contribution in [3.8, 4) is 0 Å². The number of carbonyl (C=O) groups is 1. The van der Waals surface area contributed by atoms with Gasteiger partial charge in [-0.05, 0) is 81.0 Å². The van der Waals surface area contributed by atoms with Crippen molar-refractivity contribution in [3.63, 3.8) is 0 Å². The van der Waals surface area contributed by atoms with Gasteiger partial charge in [-0.1, -0.05) is 57.9 Å². The Kier molecular flexibility index (Phi) is 13.0. The van der Waals surface area contributed by atoms with Gasteiger partial charge < -0.3 is 74.8 Å². The molecular weight excluding hydrogens is 744 g/mol. The van der Waals surface area contributed by atoms with E-state index in [0.29, 0.717) is 38.5 Å². The van der Waals surface area contributed by atoms with E-state index in [1.165, 1.54) is 0 Å². The molecule has 2 saturated heterocycles. The van der Waals surface area contributed by atoms with Gasteiger partial charge in [0.15, 0.2) is 12.6 Å². The largest absolute Gasteiger partial charge is 0.394 e. The molecule has 10 N–H and O–H groups in total. The summed E-state index contributed by atoms with van der Waals surface area (Å²) in [5.74, 6) is -1.07. The maximum atomic E-state index is 13.7. The Morgan fingerprint density at radius 1 is 0.807 bits per heavy atom. The first kappa shape index (κ1) is 45.1. The highest BCUT2D eigenvalue weighted by Crippen LogP contribution is 2.74. The van der Waals surface area contributed by atoms with Gasteiger partial charge in [0.05, 0.1) is 31.5 Å². The fraction of sp³-hybridized carbons (Fsp3) is 0.881. The third-order valence-corrected chi connectivity index (χ3v) is 15.9. The molecule has 5 fully saturated rings. The summed E-state index contributed by atoms with van der Waals surface area (Å²) in [6.07, 6.45) is -9.80. The van der Waals surface area contributed by atoms with Crippen molar-refractivity contribution in [2.45, 2.75) is 173 Å². The van der Waals surface area contributed by atoms with E-state index < -0.39 is 127 Å². The zero-order valence-electron chi connectivity index (χ0n) is 34.3. The van der Waals surface area contributed by atoms with Crippen LogP contribution >= 0.6 is 0 Å². The molecular formula is C42H68O15. The lowest BCUT2D eigenvalue weighted by molar-refractivity contribution is -0.320. The zero-order valence-corrected chi connectivity index (χ0v) is 34.3. The molecule has 0 aromatic carbocycles. The first-order valence-corrected chi connectivity index (χ1v) is 20.8. The van der Waals surface area contributed by atoms with Crippen LogP contribution in [0, 0.1) is 45.3 Å². The van der Waals surface area contributed by atoms with E-state index in [0.717, 1.165) is 17.4 Å². The number of fused-ring (bicyclic) bond motifs is 5. The van der Waals surface area contributed by atoms with Crippen LogP contribution in [0.2, 0.25) is 0 Å². The van der Waals surface area contributed by atoms with Crippen molar-refractivity contribution in [2.24, 2.45) is 45.3 Å². The van der Waals surface area contributed by atoms with E-state index in [1.807, 2.05) is 40.7 Å². The molecule has 3 saturated carbocycles. The van der Waals surface area contributed by atoms with Gasteiger partial charge in [-0.25, -0.2) is 0 Å². The van der Waals surface area contributed by atoms with Crippen LogP contribution in [0.25, 0.3) is 0 Å². The average Bonchev–Trinajstić information content (AvgIpc) is 3.45. The number of carbonyl (C=O) groups excluding carboxylic acids is 1. The molecule has 0 bridgehead atoms. The number of hydrogen-bond donors (Lipinski definition) is 10. The number of ether oxygens (including phenoxy) is 4. The quantitative estimate of drug-likeness (QED) is 0.0979. The molecule has 0 radical (unpaired) electrons. The van der Waals surface area contributed by atoms with Crippen molar-refractivity contribution in [1.82, 2.24) is 0 Å². The van der Waals surface area contributed by atoms with E-state index in [1.54, 1.807) is 6.08 Å². The third kappa shape index (κ3) is 7.22. The summed E-state index contributed by atoms with van der Waals surface area (Å²) in [6, 6.07) is 0. The number of allylic oxidation sites excluding steroid dienone is 1. The summed E-state index contributed by atoms with van der Waals surface area (Å²) in [6.45, 7) is 12.8. The average molecular weight is 813 g/mol. The molecule has 57 heavy (non-hydrogen) atoms. The van der Waals surface area contributed by atoms with Gasteiger partial charge in [-0.15, -0.1) is 0 Å². The SMILES string of the molecule is CC(C)=CC(OC1OC(CO)C(O)C(O)C1O)C(O)C(C)C1CCC2(C)C3C(O)C=C4C(CCC(OC5OC(CO)C(O)C(O)C5O)C4(C)C)C3(C=O)CCC12C. The van der Waals surface area contributed by atoms with Crippen LogP contribution in [-0.4, -0.2) is 156 Å². The summed E-state index contributed by atoms with van der Waals surface area (Å²) in [5.41, 5.74) is -0.853. The number of rotatable bonds is 11. The van der Waals surface area contributed by atoms with Gasteiger partial charge in [-0.3, -0.25) is 0 Å². The first-order valence-electron chi connectivity index (χ1n) is 20.8. The van der Waals surface area contributed by atoms with Crippen molar-refractivity contribution in [2.75, 3.05) is 13.2 Å². The molecule has 0 amide bonds. The standard InChI is InChI=1S/C42H68O15/c1-19(2)14-25(54-37-34(52)32(50)30(48)26(16-43)55-37)29(47)20(3)21-10-11-41(7)36-24(46)15-23-22(42(36,18-45)13-12-40(21,41)6)8-9-28(39(23,4)5)57-38-35(53)33(51)31(49)27(17-44)56-38/h14-15,18,20-22,24-38,43-44,46-53H,8-13,16-17H2,1-7H3. The first-order chi connectivity index (χ1) is 26.6. The summed E-state index contributed by atoms with van der Waals surface area (Å²) < 4.78 is 23.8. The minimum absolute atomic E-state index is 0.0645. The summed E-state index contributed by atoms with van der Waals surface area (Å²) >= 11 is 0. The zero-order chi connectivity index (χ0) is 42.2. The highest BCUT2D eigenvalue weighted by Gasteiger charge is 2.71. The predicted octanol–water partition coefficient (Wildman–Crippen LogP) is 0.0748. The molecule has 6 rings (SSSR count). The van der Waals surface area contributed by atoms with E-state index in [-0.39, 0.29) is 17.8 Å².